The molecule has 0 aliphatic rings. The van der Waals surface area contributed by atoms with Gasteiger partial charge in [-0.2, -0.15) is 0 Å². The van der Waals surface area contributed by atoms with Gasteiger partial charge in [0, 0.05) is 17.8 Å². The largest absolute Gasteiger partial charge is 0.496 e. The molecule has 3 rings (SSSR count). The maximum absolute atomic E-state index is 12.4. The van der Waals surface area contributed by atoms with Gasteiger partial charge in [-0.1, -0.05) is 30.3 Å². The maximum atomic E-state index is 12.4. The van der Waals surface area contributed by atoms with Crippen molar-refractivity contribution in [2.24, 2.45) is 0 Å². The molecule has 0 fully saturated rings. The number of anilines is 1. The van der Waals surface area contributed by atoms with Crippen LogP contribution in [0.25, 0.3) is 0 Å². The Morgan fingerprint density at radius 2 is 1.76 bits per heavy atom. The van der Waals surface area contributed by atoms with Crippen LogP contribution in [0.5, 0.6) is 5.75 Å². The number of hydrogen-bond donors (Lipinski definition) is 2. The Hall–Kier alpha value is -3.74. The summed E-state index contributed by atoms with van der Waals surface area (Å²) in [5, 5.41) is 5.85. The predicted molar refractivity (Wildman–Crippen MR) is 108 cm³/mol. The van der Waals surface area contributed by atoms with E-state index in [9.17, 15) is 9.59 Å². The molecule has 2 aromatic carbocycles. The van der Waals surface area contributed by atoms with Crippen LogP contribution in [0, 0.1) is 0 Å². The quantitative estimate of drug-likeness (QED) is 0.541. The van der Waals surface area contributed by atoms with E-state index in [1.165, 1.54) is 0 Å². The zero-order valence-corrected chi connectivity index (χ0v) is 16.0. The Balaban J connectivity index is 1.52. The standard InChI is InChI=1S/C22H22N2O5/c1-27-20-11-5-2-7-16(20)13-24-21(25)15-29-22(26)18-9-3-4-10-19(18)23-14-17-8-6-12-28-17/h2-12,23H,13-15H2,1H3,(H,24,25). The van der Waals surface area contributed by atoms with Gasteiger partial charge >= 0.3 is 5.97 Å². The van der Waals surface area contributed by atoms with Gasteiger partial charge in [0.2, 0.25) is 0 Å². The number of rotatable bonds is 9. The number of methoxy groups -OCH3 is 1. The van der Waals surface area contributed by atoms with Crippen LogP contribution < -0.4 is 15.4 Å². The first-order valence-electron chi connectivity index (χ1n) is 9.08. The number of ether oxygens (including phenoxy) is 2. The molecule has 0 saturated heterocycles. The van der Waals surface area contributed by atoms with Gasteiger partial charge in [0.15, 0.2) is 6.61 Å². The Morgan fingerprint density at radius 3 is 2.55 bits per heavy atom. The molecule has 0 spiro atoms. The van der Waals surface area contributed by atoms with Gasteiger partial charge in [-0.15, -0.1) is 0 Å². The summed E-state index contributed by atoms with van der Waals surface area (Å²) in [6.07, 6.45) is 1.58. The molecule has 0 radical (unpaired) electrons. The van der Waals surface area contributed by atoms with E-state index in [0.717, 1.165) is 11.3 Å². The topological polar surface area (TPSA) is 89.8 Å². The summed E-state index contributed by atoms with van der Waals surface area (Å²) < 4.78 is 15.7. The molecule has 29 heavy (non-hydrogen) atoms. The molecule has 1 heterocycles. The van der Waals surface area contributed by atoms with Crippen molar-refractivity contribution in [2.45, 2.75) is 13.1 Å². The molecule has 150 valence electrons. The average molecular weight is 394 g/mol. The highest BCUT2D eigenvalue weighted by Crippen LogP contribution is 2.18. The van der Waals surface area contributed by atoms with E-state index in [4.69, 9.17) is 13.9 Å². The van der Waals surface area contributed by atoms with Crippen LogP contribution in [-0.4, -0.2) is 25.6 Å². The predicted octanol–water partition coefficient (Wildman–Crippen LogP) is 3.37. The number of para-hydroxylation sites is 2. The second-order valence-corrected chi connectivity index (χ2v) is 6.14. The van der Waals surface area contributed by atoms with E-state index >= 15 is 0 Å². The monoisotopic (exact) mass is 394 g/mol. The molecular formula is C22H22N2O5. The number of carbonyl (C=O) groups excluding carboxylic acids is 2. The van der Waals surface area contributed by atoms with Crippen molar-refractivity contribution in [3.8, 4) is 5.75 Å². The average Bonchev–Trinajstić information content (AvgIpc) is 3.28. The summed E-state index contributed by atoms with van der Waals surface area (Å²) >= 11 is 0. The van der Waals surface area contributed by atoms with Gasteiger partial charge in [0.05, 0.1) is 25.5 Å². The van der Waals surface area contributed by atoms with Crippen molar-refractivity contribution in [1.29, 1.82) is 0 Å². The fraction of sp³-hybridized carbons (Fsp3) is 0.182. The minimum Gasteiger partial charge on any atom is -0.496 e. The summed E-state index contributed by atoms with van der Waals surface area (Å²) in [5.41, 5.74) is 1.78. The Morgan fingerprint density at radius 1 is 0.966 bits per heavy atom. The number of hydrogen-bond acceptors (Lipinski definition) is 6. The van der Waals surface area contributed by atoms with Gasteiger partial charge < -0.3 is 24.5 Å². The molecule has 0 atom stereocenters. The lowest BCUT2D eigenvalue weighted by molar-refractivity contribution is -0.124. The van der Waals surface area contributed by atoms with Gasteiger partial charge in [-0.05, 0) is 30.3 Å². The Bertz CT molecular complexity index is 953. The van der Waals surface area contributed by atoms with E-state index in [2.05, 4.69) is 10.6 Å². The van der Waals surface area contributed by atoms with Crippen molar-refractivity contribution in [1.82, 2.24) is 5.32 Å². The fourth-order valence-corrected chi connectivity index (χ4v) is 2.71. The number of nitrogens with one attached hydrogen (secondary N) is 2. The molecule has 0 aliphatic heterocycles. The van der Waals surface area contributed by atoms with Gasteiger partial charge in [-0.3, -0.25) is 4.79 Å². The first-order valence-corrected chi connectivity index (χ1v) is 9.08. The first-order chi connectivity index (χ1) is 14.2. The van der Waals surface area contributed by atoms with Gasteiger partial charge in [0.1, 0.15) is 11.5 Å². The second-order valence-electron chi connectivity index (χ2n) is 6.14. The highest BCUT2D eigenvalue weighted by molar-refractivity contribution is 5.96. The summed E-state index contributed by atoms with van der Waals surface area (Å²) in [7, 11) is 1.57. The smallest absolute Gasteiger partial charge is 0.340 e. The Kier molecular flexibility index (Phi) is 6.89. The zero-order chi connectivity index (χ0) is 20.5. The van der Waals surface area contributed by atoms with Crippen LogP contribution >= 0.6 is 0 Å². The summed E-state index contributed by atoms with van der Waals surface area (Å²) in [6.45, 7) is 0.332. The molecule has 7 heteroatoms. The lowest BCUT2D eigenvalue weighted by Crippen LogP contribution is -2.28. The third-order valence-electron chi connectivity index (χ3n) is 4.18. The molecule has 1 aromatic heterocycles. The minimum absolute atomic E-state index is 0.279. The fourth-order valence-electron chi connectivity index (χ4n) is 2.71. The highest BCUT2D eigenvalue weighted by Gasteiger charge is 2.14. The van der Waals surface area contributed by atoms with Crippen molar-refractivity contribution < 1.29 is 23.5 Å². The molecule has 0 bridgehead atoms. The molecule has 3 aromatic rings. The summed E-state index contributed by atoms with van der Waals surface area (Å²) in [6, 6.07) is 17.9. The third-order valence-corrected chi connectivity index (χ3v) is 4.18. The molecule has 7 nitrogen and oxygen atoms in total. The van der Waals surface area contributed by atoms with E-state index in [1.807, 2.05) is 30.3 Å². The van der Waals surface area contributed by atoms with Crippen LogP contribution in [0.3, 0.4) is 0 Å². The molecule has 0 unspecified atom stereocenters. The summed E-state index contributed by atoms with van der Waals surface area (Å²) in [5.74, 6) is 0.440. The maximum Gasteiger partial charge on any atom is 0.340 e. The lowest BCUT2D eigenvalue weighted by atomic mass is 10.2. The number of benzene rings is 2. The molecule has 2 N–H and O–H groups in total. The van der Waals surface area contributed by atoms with E-state index in [1.54, 1.807) is 43.7 Å². The van der Waals surface area contributed by atoms with Crippen molar-refractivity contribution in [3.63, 3.8) is 0 Å². The third kappa shape index (κ3) is 5.62. The van der Waals surface area contributed by atoms with E-state index in [-0.39, 0.29) is 13.2 Å². The minimum atomic E-state index is -0.583. The number of carbonyl (C=O) groups is 2. The van der Waals surface area contributed by atoms with Crippen molar-refractivity contribution >= 4 is 17.6 Å². The zero-order valence-electron chi connectivity index (χ0n) is 16.0. The lowest BCUT2D eigenvalue weighted by Gasteiger charge is -2.12. The number of furan rings is 1. The highest BCUT2D eigenvalue weighted by atomic mass is 16.5. The van der Waals surface area contributed by atoms with Crippen LogP contribution in [-0.2, 0) is 22.6 Å². The summed E-state index contributed by atoms with van der Waals surface area (Å²) in [4.78, 5) is 24.5. The van der Waals surface area contributed by atoms with Crippen LogP contribution in [0.2, 0.25) is 0 Å². The first kappa shape index (κ1) is 20.0. The molecule has 0 saturated carbocycles. The number of esters is 1. The van der Waals surface area contributed by atoms with Crippen molar-refractivity contribution in [3.05, 3.63) is 83.8 Å². The van der Waals surface area contributed by atoms with Gasteiger partial charge in [0.25, 0.3) is 5.91 Å². The van der Waals surface area contributed by atoms with E-state index in [0.29, 0.717) is 23.5 Å². The van der Waals surface area contributed by atoms with Crippen LogP contribution in [0.1, 0.15) is 21.7 Å². The molecule has 1 amide bonds. The van der Waals surface area contributed by atoms with E-state index < -0.39 is 11.9 Å². The van der Waals surface area contributed by atoms with Gasteiger partial charge in [-0.25, -0.2) is 4.79 Å². The normalized spacial score (nSPS) is 10.2. The number of amides is 1. The Labute approximate surface area is 168 Å². The van der Waals surface area contributed by atoms with Crippen molar-refractivity contribution in [2.75, 3.05) is 19.0 Å². The van der Waals surface area contributed by atoms with Crippen LogP contribution in [0.4, 0.5) is 5.69 Å². The molecular weight excluding hydrogens is 372 g/mol. The van der Waals surface area contributed by atoms with Crippen LogP contribution in [0.15, 0.2) is 71.3 Å². The SMILES string of the molecule is COc1ccccc1CNC(=O)COC(=O)c1ccccc1NCc1ccco1. The second kappa shape index (κ2) is 9.98. The molecule has 0 aliphatic carbocycles.